The Kier molecular flexibility index (Phi) is 4.69. The molecule has 0 radical (unpaired) electrons. The summed E-state index contributed by atoms with van der Waals surface area (Å²) in [6.45, 7) is 11.1. The monoisotopic (exact) mass is 276 g/mol. The number of aliphatic hydroxyl groups is 1. The third-order valence-electron chi connectivity index (χ3n) is 4.34. The maximum absolute atomic E-state index is 9.48. The molecule has 1 aromatic heterocycles. The van der Waals surface area contributed by atoms with Gasteiger partial charge in [0.1, 0.15) is 5.82 Å². The number of hydrogen-bond acceptors (Lipinski definition) is 3. The highest BCUT2D eigenvalue weighted by molar-refractivity contribution is 5.44. The van der Waals surface area contributed by atoms with E-state index in [0.717, 1.165) is 36.1 Å². The number of rotatable bonds is 3. The molecule has 0 aliphatic carbocycles. The maximum Gasteiger partial charge on any atom is 0.129 e. The predicted octanol–water partition coefficient (Wildman–Crippen LogP) is 3.50. The zero-order valence-corrected chi connectivity index (χ0v) is 13.3. The molecule has 1 aliphatic rings. The van der Waals surface area contributed by atoms with Crippen molar-refractivity contribution >= 4 is 5.82 Å². The van der Waals surface area contributed by atoms with Gasteiger partial charge >= 0.3 is 0 Å². The molecular weight excluding hydrogens is 248 g/mol. The molecule has 20 heavy (non-hydrogen) atoms. The highest BCUT2D eigenvalue weighted by Gasteiger charge is 2.22. The normalized spacial score (nSPS) is 17.6. The van der Waals surface area contributed by atoms with E-state index in [-0.39, 0.29) is 12.0 Å². The molecule has 0 spiro atoms. The highest BCUT2D eigenvalue weighted by atomic mass is 16.3. The Hall–Kier alpha value is -1.09. The quantitative estimate of drug-likeness (QED) is 0.918. The van der Waals surface area contributed by atoms with Crippen LogP contribution in [0.4, 0.5) is 5.82 Å². The molecule has 3 heteroatoms. The van der Waals surface area contributed by atoms with Crippen molar-refractivity contribution in [1.82, 2.24) is 4.98 Å². The second kappa shape index (κ2) is 6.13. The van der Waals surface area contributed by atoms with E-state index in [9.17, 15) is 5.11 Å². The average Bonchev–Trinajstić information content (AvgIpc) is 2.46. The highest BCUT2D eigenvalue weighted by Crippen LogP contribution is 2.28. The number of anilines is 1. The molecule has 2 rings (SSSR count). The van der Waals surface area contributed by atoms with Crippen molar-refractivity contribution in [3.8, 4) is 0 Å². The fraction of sp³-hybridized carbons (Fsp3) is 0.706. The van der Waals surface area contributed by atoms with Gasteiger partial charge in [0, 0.05) is 24.2 Å². The number of piperidine rings is 1. The maximum atomic E-state index is 9.48. The molecule has 0 unspecified atom stereocenters. The Labute approximate surface area is 123 Å². The zero-order valence-electron chi connectivity index (χ0n) is 13.3. The Morgan fingerprint density at radius 1 is 1.25 bits per heavy atom. The molecule has 0 aromatic carbocycles. The predicted molar refractivity (Wildman–Crippen MR) is 84.1 cm³/mol. The van der Waals surface area contributed by atoms with Crippen LogP contribution in [0.1, 0.15) is 58.2 Å². The van der Waals surface area contributed by atoms with Crippen molar-refractivity contribution in [2.75, 3.05) is 18.0 Å². The third kappa shape index (κ3) is 3.51. The van der Waals surface area contributed by atoms with E-state index in [1.54, 1.807) is 0 Å². The summed E-state index contributed by atoms with van der Waals surface area (Å²) in [5, 5.41) is 9.48. The van der Waals surface area contributed by atoms with Crippen molar-refractivity contribution < 1.29 is 5.11 Å². The fourth-order valence-corrected chi connectivity index (χ4v) is 2.78. The first kappa shape index (κ1) is 15.3. The van der Waals surface area contributed by atoms with Gasteiger partial charge in [-0.05, 0) is 36.5 Å². The van der Waals surface area contributed by atoms with Gasteiger partial charge in [-0.25, -0.2) is 4.98 Å². The van der Waals surface area contributed by atoms with Crippen LogP contribution in [0.3, 0.4) is 0 Å². The summed E-state index contributed by atoms with van der Waals surface area (Å²) in [5.74, 6) is 1.91. The second-order valence-corrected chi connectivity index (χ2v) is 6.97. The molecule has 1 N–H and O–H groups in total. The SMILES string of the molecule is CCC1CCN(c2cc(CO)cc(C(C)(C)C)n2)CC1. The molecule has 0 amide bonds. The topological polar surface area (TPSA) is 36.4 Å². The summed E-state index contributed by atoms with van der Waals surface area (Å²) in [4.78, 5) is 7.22. The number of aliphatic hydroxyl groups excluding tert-OH is 1. The molecule has 0 bridgehead atoms. The van der Waals surface area contributed by atoms with Gasteiger partial charge in [0.25, 0.3) is 0 Å². The van der Waals surface area contributed by atoms with Crippen LogP contribution < -0.4 is 4.90 Å². The molecule has 1 saturated heterocycles. The van der Waals surface area contributed by atoms with Crippen LogP contribution in [0.2, 0.25) is 0 Å². The van der Waals surface area contributed by atoms with E-state index in [4.69, 9.17) is 4.98 Å². The summed E-state index contributed by atoms with van der Waals surface area (Å²) in [6, 6.07) is 4.07. The lowest BCUT2D eigenvalue weighted by atomic mass is 9.90. The fourth-order valence-electron chi connectivity index (χ4n) is 2.78. The van der Waals surface area contributed by atoms with Gasteiger partial charge in [0.2, 0.25) is 0 Å². The average molecular weight is 276 g/mol. The standard InChI is InChI=1S/C17H28N2O/c1-5-13-6-8-19(9-7-13)16-11-14(12-20)10-15(18-16)17(2,3)4/h10-11,13,20H,5-9,12H2,1-4H3. The Morgan fingerprint density at radius 2 is 1.90 bits per heavy atom. The van der Waals surface area contributed by atoms with Crippen LogP contribution in [0.15, 0.2) is 12.1 Å². The minimum Gasteiger partial charge on any atom is -0.392 e. The molecule has 2 heterocycles. The molecular formula is C17H28N2O. The molecule has 3 nitrogen and oxygen atoms in total. The van der Waals surface area contributed by atoms with Gasteiger partial charge in [-0.15, -0.1) is 0 Å². The van der Waals surface area contributed by atoms with Crippen molar-refractivity contribution in [1.29, 1.82) is 0 Å². The van der Waals surface area contributed by atoms with Crippen molar-refractivity contribution in [2.24, 2.45) is 5.92 Å². The third-order valence-corrected chi connectivity index (χ3v) is 4.34. The van der Waals surface area contributed by atoms with Crippen molar-refractivity contribution in [3.63, 3.8) is 0 Å². The van der Waals surface area contributed by atoms with Crippen molar-refractivity contribution in [2.45, 2.75) is 59.0 Å². The van der Waals surface area contributed by atoms with Crippen LogP contribution in [0.5, 0.6) is 0 Å². The summed E-state index contributed by atoms with van der Waals surface area (Å²) in [6.07, 6.45) is 3.80. The first-order chi connectivity index (χ1) is 9.44. The van der Waals surface area contributed by atoms with Gasteiger partial charge in [0.05, 0.1) is 6.61 Å². The van der Waals surface area contributed by atoms with E-state index in [1.165, 1.54) is 19.3 Å². The first-order valence-corrected chi connectivity index (χ1v) is 7.81. The number of hydrogen-bond donors (Lipinski definition) is 1. The lowest BCUT2D eigenvalue weighted by Crippen LogP contribution is -2.34. The lowest BCUT2D eigenvalue weighted by molar-refractivity contribution is 0.281. The van der Waals surface area contributed by atoms with Crippen LogP contribution in [-0.4, -0.2) is 23.2 Å². The number of nitrogens with zero attached hydrogens (tertiary/aromatic N) is 2. The molecule has 1 fully saturated rings. The van der Waals surface area contributed by atoms with Crippen molar-refractivity contribution in [3.05, 3.63) is 23.4 Å². The van der Waals surface area contributed by atoms with E-state index >= 15 is 0 Å². The van der Waals surface area contributed by atoms with Gasteiger partial charge in [0.15, 0.2) is 0 Å². The number of pyridine rings is 1. The summed E-state index contributed by atoms with van der Waals surface area (Å²) < 4.78 is 0. The van der Waals surface area contributed by atoms with E-state index < -0.39 is 0 Å². The molecule has 112 valence electrons. The minimum absolute atomic E-state index is 0.0155. The number of aromatic nitrogens is 1. The Balaban J connectivity index is 2.23. The summed E-state index contributed by atoms with van der Waals surface area (Å²) >= 11 is 0. The van der Waals surface area contributed by atoms with Gasteiger partial charge in [-0.2, -0.15) is 0 Å². The second-order valence-electron chi connectivity index (χ2n) is 6.97. The smallest absolute Gasteiger partial charge is 0.129 e. The van der Waals surface area contributed by atoms with Crippen LogP contribution >= 0.6 is 0 Å². The zero-order chi connectivity index (χ0) is 14.8. The minimum atomic E-state index is 0.0155. The molecule has 1 aliphatic heterocycles. The van der Waals surface area contributed by atoms with Crippen LogP contribution in [0, 0.1) is 5.92 Å². The molecule has 0 atom stereocenters. The molecule has 1 aromatic rings. The van der Waals surface area contributed by atoms with Gasteiger partial charge in [-0.1, -0.05) is 34.1 Å². The van der Waals surface area contributed by atoms with Gasteiger partial charge in [-0.3, -0.25) is 0 Å². The van der Waals surface area contributed by atoms with Crippen LogP contribution in [-0.2, 0) is 12.0 Å². The van der Waals surface area contributed by atoms with Crippen LogP contribution in [0.25, 0.3) is 0 Å². The Bertz CT molecular complexity index is 443. The summed E-state index contributed by atoms with van der Waals surface area (Å²) in [5.41, 5.74) is 2.05. The Morgan fingerprint density at radius 3 is 2.40 bits per heavy atom. The first-order valence-electron chi connectivity index (χ1n) is 7.81. The van der Waals surface area contributed by atoms with E-state index in [0.29, 0.717) is 0 Å². The van der Waals surface area contributed by atoms with E-state index in [2.05, 4.69) is 32.6 Å². The van der Waals surface area contributed by atoms with E-state index in [1.807, 2.05) is 12.1 Å². The summed E-state index contributed by atoms with van der Waals surface area (Å²) in [7, 11) is 0. The van der Waals surface area contributed by atoms with Gasteiger partial charge < -0.3 is 10.0 Å². The largest absolute Gasteiger partial charge is 0.392 e. The lowest BCUT2D eigenvalue weighted by Gasteiger charge is -2.33. The molecule has 0 saturated carbocycles.